The second-order valence-corrected chi connectivity index (χ2v) is 28.4. The third-order valence-electron chi connectivity index (χ3n) is 21.6. The highest BCUT2D eigenvalue weighted by Crippen LogP contribution is 2.43. The Balaban J connectivity index is 0.000000154. The van der Waals surface area contributed by atoms with Crippen LogP contribution >= 0.6 is 0 Å². The molecule has 2 heterocycles. The molecule has 0 amide bonds. The van der Waals surface area contributed by atoms with Crippen LogP contribution in [0, 0.1) is 0 Å². The van der Waals surface area contributed by atoms with Gasteiger partial charge in [0.25, 0.3) is 0 Å². The van der Waals surface area contributed by atoms with Crippen molar-refractivity contribution in [3.05, 3.63) is 461 Å². The van der Waals surface area contributed by atoms with Crippen LogP contribution in [0.25, 0.3) is 144 Å². The molecule has 4 nitrogen and oxygen atoms in total. The Kier molecular flexibility index (Phi) is 18.4. The molecule has 20 rings (SSSR count). The molecule has 0 spiro atoms. The van der Waals surface area contributed by atoms with Crippen LogP contribution in [0.3, 0.4) is 0 Å². The van der Waals surface area contributed by atoms with Gasteiger partial charge in [-0.1, -0.05) is 328 Å². The van der Waals surface area contributed by atoms with Gasteiger partial charge in [-0.3, -0.25) is 0 Å². The molecule has 0 aliphatic rings. The number of nitrogens with zero attached hydrogens (tertiary/aromatic N) is 4. The molecule has 0 aliphatic heterocycles. The lowest BCUT2D eigenvalue weighted by atomic mass is 9.96. The maximum atomic E-state index is 2.36. The Labute approximate surface area is 653 Å². The minimum Gasteiger partial charge on any atom is -0.311 e. The highest BCUT2D eigenvalue weighted by Gasteiger charge is 2.19. The summed E-state index contributed by atoms with van der Waals surface area (Å²) in [6.45, 7) is 0. The zero-order valence-electron chi connectivity index (χ0n) is 61.7. The maximum Gasteiger partial charge on any atom is 0.0541 e. The Morgan fingerprint density at radius 3 is 0.661 bits per heavy atom. The highest BCUT2D eigenvalue weighted by molar-refractivity contribution is 6.12. The number of fused-ring (bicyclic) bond motifs is 6. The second kappa shape index (κ2) is 30.4. The van der Waals surface area contributed by atoms with E-state index in [0.29, 0.717) is 0 Å². The van der Waals surface area contributed by atoms with Gasteiger partial charge in [0.2, 0.25) is 0 Å². The van der Waals surface area contributed by atoms with Crippen molar-refractivity contribution in [3.63, 3.8) is 0 Å². The predicted molar refractivity (Wildman–Crippen MR) is 474 cm³/mol. The van der Waals surface area contributed by atoms with Crippen molar-refractivity contribution in [1.82, 2.24) is 9.13 Å². The summed E-state index contributed by atoms with van der Waals surface area (Å²) in [6.07, 6.45) is 0. The molecule has 4 heteroatoms. The van der Waals surface area contributed by atoms with Crippen LogP contribution in [0.15, 0.2) is 461 Å². The number of anilines is 6. The molecule has 0 N–H and O–H groups in total. The average Bonchev–Trinajstić information content (AvgIpc) is 1.60. The van der Waals surface area contributed by atoms with Crippen molar-refractivity contribution in [2.45, 2.75) is 0 Å². The van der Waals surface area contributed by atoms with E-state index in [-0.39, 0.29) is 0 Å². The van der Waals surface area contributed by atoms with Crippen LogP contribution in [-0.2, 0) is 0 Å². The van der Waals surface area contributed by atoms with Gasteiger partial charge in [-0.15, -0.1) is 0 Å². The van der Waals surface area contributed by atoms with Crippen molar-refractivity contribution in [3.8, 4) is 100 Å². The second-order valence-electron chi connectivity index (χ2n) is 28.4. The molecule has 0 radical (unpaired) electrons. The van der Waals surface area contributed by atoms with Crippen molar-refractivity contribution in [2.75, 3.05) is 9.80 Å². The summed E-state index contributed by atoms with van der Waals surface area (Å²) in [6, 6.07) is 166. The SMILES string of the molecule is c1ccc(-c2ccc(N(c3ccccc3)c3ccc(-c4ccc(-c5ccc(-c6ccc(-c7ccc8c(c7)c7ccccc7n8-c7ccccc7)cc6)cc5)cc4)cc3)cc2)cc1.c1ccc(-c2ccc(N(c3ccccc3)c3cccc(-c4ccc(-c5ccc6c(c5)c5ccccc5n6-c5ccccc5)cc4)c3)cc2)cc1. The molecule has 2 aromatic heterocycles. The average molecular weight is 1430 g/mol. The monoisotopic (exact) mass is 1430 g/mol. The van der Waals surface area contributed by atoms with E-state index < -0.39 is 0 Å². The zero-order valence-corrected chi connectivity index (χ0v) is 61.7. The molecule has 18 aromatic carbocycles. The first-order chi connectivity index (χ1) is 55.5. The molecule has 0 unspecified atom stereocenters. The number of hydrogen-bond acceptors (Lipinski definition) is 2. The molecule has 0 saturated heterocycles. The van der Waals surface area contributed by atoms with Gasteiger partial charge in [0.1, 0.15) is 0 Å². The largest absolute Gasteiger partial charge is 0.311 e. The van der Waals surface area contributed by atoms with Crippen molar-refractivity contribution >= 4 is 77.7 Å². The number of hydrogen-bond donors (Lipinski definition) is 0. The van der Waals surface area contributed by atoms with E-state index in [1.165, 1.54) is 144 Å². The van der Waals surface area contributed by atoms with Gasteiger partial charge in [0, 0.05) is 67.0 Å². The van der Waals surface area contributed by atoms with Gasteiger partial charge in [-0.05, 0) is 222 Å². The smallest absolute Gasteiger partial charge is 0.0541 e. The Hall–Kier alpha value is -14.8. The number of rotatable bonds is 16. The molecule has 0 atom stereocenters. The molecule has 20 aromatic rings. The minimum absolute atomic E-state index is 1.11. The van der Waals surface area contributed by atoms with Gasteiger partial charge in [-0.25, -0.2) is 0 Å². The number of benzene rings is 18. The fourth-order valence-electron chi connectivity index (χ4n) is 16.0. The quantitative estimate of drug-likeness (QED) is 0.0959. The van der Waals surface area contributed by atoms with Crippen LogP contribution in [-0.4, -0.2) is 9.13 Å². The van der Waals surface area contributed by atoms with E-state index in [9.17, 15) is 0 Å². The van der Waals surface area contributed by atoms with Gasteiger partial charge >= 0.3 is 0 Å². The Bertz CT molecular complexity index is 6620. The van der Waals surface area contributed by atoms with E-state index >= 15 is 0 Å². The van der Waals surface area contributed by atoms with Crippen LogP contribution in [0.1, 0.15) is 0 Å². The maximum absolute atomic E-state index is 2.36. The molecular formula is C108H76N4. The van der Waals surface area contributed by atoms with E-state index in [4.69, 9.17) is 0 Å². The summed E-state index contributed by atoms with van der Waals surface area (Å²) >= 11 is 0. The third kappa shape index (κ3) is 13.6. The molecule has 528 valence electrons. The lowest BCUT2D eigenvalue weighted by Crippen LogP contribution is -2.09. The van der Waals surface area contributed by atoms with Crippen LogP contribution in [0.2, 0.25) is 0 Å². The van der Waals surface area contributed by atoms with Gasteiger partial charge in [-0.2, -0.15) is 0 Å². The van der Waals surface area contributed by atoms with Crippen LogP contribution in [0.5, 0.6) is 0 Å². The van der Waals surface area contributed by atoms with Crippen LogP contribution in [0.4, 0.5) is 34.1 Å². The highest BCUT2D eigenvalue weighted by atomic mass is 15.1. The third-order valence-corrected chi connectivity index (χ3v) is 21.6. The zero-order chi connectivity index (χ0) is 74.5. The fraction of sp³-hybridized carbons (Fsp3) is 0. The molecule has 0 bridgehead atoms. The van der Waals surface area contributed by atoms with E-state index in [2.05, 4.69) is 480 Å². The van der Waals surface area contributed by atoms with Crippen molar-refractivity contribution < 1.29 is 0 Å². The topological polar surface area (TPSA) is 16.3 Å². The molecule has 112 heavy (non-hydrogen) atoms. The first kappa shape index (κ1) is 67.7. The normalized spacial score (nSPS) is 11.2. The molecule has 0 fully saturated rings. The summed E-state index contributed by atoms with van der Waals surface area (Å²) in [4.78, 5) is 4.64. The molecule has 0 saturated carbocycles. The van der Waals surface area contributed by atoms with Crippen LogP contribution < -0.4 is 9.80 Å². The lowest BCUT2D eigenvalue weighted by Gasteiger charge is -2.26. The predicted octanol–water partition coefficient (Wildman–Crippen LogP) is 29.8. The van der Waals surface area contributed by atoms with Gasteiger partial charge in [0.15, 0.2) is 0 Å². The van der Waals surface area contributed by atoms with Crippen molar-refractivity contribution in [2.24, 2.45) is 0 Å². The van der Waals surface area contributed by atoms with E-state index in [1.807, 2.05) is 0 Å². The summed E-state index contributed by atoms with van der Waals surface area (Å²) < 4.78 is 4.72. The summed E-state index contributed by atoms with van der Waals surface area (Å²) in [5, 5.41) is 5.05. The summed E-state index contributed by atoms with van der Waals surface area (Å²) in [5.74, 6) is 0. The lowest BCUT2D eigenvalue weighted by molar-refractivity contribution is 1.18. The molecular weight excluding hydrogens is 1350 g/mol. The Morgan fingerprint density at radius 1 is 0.125 bits per heavy atom. The van der Waals surface area contributed by atoms with Gasteiger partial charge in [0.05, 0.1) is 22.1 Å². The molecule has 0 aliphatic carbocycles. The first-order valence-corrected chi connectivity index (χ1v) is 38.3. The fourth-order valence-corrected chi connectivity index (χ4v) is 16.0. The summed E-state index contributed by atoms with van der Waals surface area (Å²) in [7, 11) is 0. The van der Waals surface area contributed by atoms with Crippen molar-refractivity contribution in [1.29, 1.82) is 0 Å². The number of para-hydroxylation sites is 6. The standard InChI is InChI=1S/C60H42N2.C48H34N2/c1-4-12-43(13-5-1)49-32-37-55(38-33-49)61(53-14-6-2-7-15-53)56-39-34-50(35-40-56)48-26-24-45(25-27-48)44-20-22-46(23-21-44)47-28-30-51(31-29-47)52-36-41-60-58(42-52)57-18-10-11-19-59(57)62(60)54-16-8-3-9-17-54;1-4-13-35(14-5-1)36-27-30-43(31-28-36)49(41-16-6-2-7-17-41)44-20-12-15-39(33-44)37-23-25-38(26-24-37)40-29-32-48-46(34-40)45-21-10-11-22-47(45)50(48)42-18-8-3-9-19-42/h1-42H;1-34H. The Morgan fingerprint density at radius 2 is 0.330 bits per heavy atom. The minimum atomic E-state index is 1.11. The van der Waals surface area contributed by atoms with Gasteiger partial charge < -0.3 is 18.9 Å². The number of aromatic nitrogens is 2. The first-order valence-electron chi connectivity index (χ1n) is 38.3. The van der Waals surface area contributed by atoms with E-state index in [1.54, 1.807) is 0 Å². The van der Waals surface area contributed by atoms with E-state index in [0.717, 1.165) is 34.1 Å². The summed E-state index contributed by atoms with van der Waals surface area (Å²) in [5.41, 5.74) is 33.2.